The third-order valence-corrected chi connectivity index (χ3v) is 5.60. The van der Waals surface area contributed by atoms with Crippen molar-refractivity contribution in [3.05, 3.63) is 29.8 Å². The zero-order chi connectivity index (χ0) is 18.5. The summed E-state index contributed by atoms with van der Waals surface area (Å²) in [5.41, 5.74) is -0.551. The molecule has 2 rings (SSSR count). The number of carbonyl (C=O) groups excluding carboxylic acids is 3. The molecule has 1 saturated heterocycles. The van der Waals surface area contributed by atoms with Gasteiger partial charge in [0.25, 0.3) is 5.91 Å². The fourth-order valence-corrected chi connectivity index (χ4v) is 4.61. The van der Waals surface area contributed by atoms with E-state index in [1.807, 2.05) is 0 Å². The Bertz CT molecular complexity index is 774. The Morgan fingerprint density at radius 2 is 2.00 bits per heavy atom. The van der Waals surface area contributed by atoms with E-state index >= 15 is 0 Å². The van der Waals surface area contributed by atoms with E-state index < -0.39 is 40.5 Å². The molecule has 136 valence electrons. The molecule has 1 amide bonds. The molecular formula is C16H19NO7S. The molecule has 0 saturated carbocycles. The molecule has 1 aromatic carbocycles. The van der Waals surface area contributed by atoms with Crippen molar-refractivity contribution in [2.45, 2.75) is 18.9 Å². The topological polar surface area (TPSA) is 116 Å². The van der Waals surface area contributed by atoms with Gasteiger partial charge >= 0.3 is 5.97 Å². The lowest BCUT2D eigenvalue weighted by atomic mass is 10.0. The first-order valence-corrected chi connectivity index (χ1v) is 9.39. The molecule has 1 aromatic rings. The van der Waals surface area contributed by atoms with Crippen molar-refractivity contribution in [2.75, 3.05) is 24.7 Å². The molecular weight excluding hydrogens is 350 g/mol. The number of amides is 1. The maximum Gasteiger partial charge on any atom is 0.344 e. The van der Waals surface area contributed by atoms with Gasteiger partial charge in [-0.15, -0.1) is 0 Å². The summed E-state index contributed by atoms with van der Waals surface area (Å²) in [6.45, 7) is 0.647. The fraction of sp³-hybridized carbons (Fsp3) is 0.438. The van der Waals surface area contributed by atoms with Crippen molar-refractivity contribution in [3.8, 4) is 5.75 Å². The number of carbonyl (C=O) groups is 3. The van der Waals surface area contributed by atoms with Crippen molar-refractivity contribution in [3.63, 3.8) is 0 Å². The SMILES string of the molecule is C[C@]1(NC(=O)COC(=O)COc2ccccc2C=O)CCS(=O)(=O)C1. The van der Waals surface area contributed by atoms with Crippen molar-refractivity contribution in [2.24, 2.45) is 0 Å². The molecule has 1 atom stereocenters. The lowest BCUT2D eigenvalue weighted by molar-refractivity contribution is -0.150. The van der Waals surface area contributed by atoms with Crippen LogP contribution in [0.3, 0.4) is 0 Å². The minimum atomic E-state index is -3.15. The highest BCUT2D eigenvalue weighted by Crippen LogP contribution is 2.22. The normalized spacial score (nSPS) is 21.3. The van der Waals surface area contributed by atoms with Crippen LogP contribution in [0.5, 0.6) is 5.75 Å². The van der Waals surface area contributed by atoms with Crippen LogP contribution in [0.2, 0.25) is 0 Å². The Morgan fingerprint density at radius 1 is 1.28 bits per heavy atom. The Kier molecular flexibility index (Phi) is 5.78. The van der Waals surface area contributed by atoms with Crippen LogP contribution in [0.15, 0.2) is 24.3 Å². The number of nitrogens with one attached hydrogen (secondary N) is 1. The first-order valence-electron chi connectivity index (χ1n) is 7.57. The summed E-state index contributed by atoms with van der Waals surface area (Å²) >= 11 is 0. The first kappa shape index (κ1) is 18.9. The van der Waals surface area contributed by atoms with Gasteiger partial charge in [0.05, 0.1) is 22.6 Å². The van der Waals surface area contributed by atoms with Gasteiger partial charge in [0.1, 0.15) is 5.75 Å². The predicted octanol–water partition coefficient (Wildman–Crippen LogP) is 0.114. The monoisotopic (exact) mass is 369 g/mol. The van der Waals surface area contributed by atoms with E-state index in [1.165, 1.54) is 12.1 Å². The largest absolute Gasteiger partial charge is 0.481 e. The molecule has 0 bridgehead atoms. The average Bonchev–Trinajstić information content (AvgIpc) is 2.84. The smallest absolute Gasteiger partial charge is 0.344 e. The van der Waals surface area contributed by atoms with Crippen LogP contribution in [-0.2, 0) is 24.2 Å². The second kappa shape index (κ2) is 7.64. The third kappa shape index (κ3) is 5.56. The number of hydrogen-bond acceptors (Lipinski definition) is 7. The molecule has 1 heterocycles. The summed E-state index contributed by atoms with van der Waals surface area (Å²) in [5, 5.41) is 2.58. The van der Waals surface area contributed by atoms with Crippen molar-refractivity contribution < 1.29 is 32.3 Å². The summed E-state index contributed by atoms with van der Waals surface area (Å²) in [6.07, 6.45) is 0.922. The number of hydrogen-bond donors (Lipinski definition) is 1. The minimum Gasteiger partial charge on any atom is -0.481 e. The molecule has 1 aliphatic heterocycles. The van der Waals surface area contributed by atoms with Crippen LogP contribution in [-0.4, -0.2) is 56.8 Å². The molecule has 0 radical (unpaired) electrons. The Balaban J connectivity index is 1.76. The van der Waals surface area contributed by atoms with Crippen LogP contribution in [0, 0.1) is 0 Å². The number of benzene rings is 1. The maximum atomic E-state index is 11.8. The summed E-state index contributed by atoms with van der Waals surface area (Å²) in [7, 11) is -3.15. The number of ether oxygens (including phenoxy) is 2. The number of sulfone groups is 1. The van der Waals surface area contributed by atoms with E-state index in [2.05, 4.69) is 5.32 Å². The summed E-state index contributed by atoms with van der Waals surface area (Å²) in [6, 6.07) is 6.38. The summed E-state index contributed by atoms with van der Waals surface area (Å²) in [4.78, 5) is 34.3. The molecule has 0 unspecified atom stereocenters. The predicted molar refractivity (Wildman–Crippen MR) is 88.1 cm³/mol. The minimum absolute atomic E-state index is 0.0214. The van der Waals surface area contributed by atoms with E-state index in [9.17, 15) is 22.8 Å². The van der Waals surface area contributed by atoms with Gasteiger partial charge in [0, 0.05) is 0 Å². The van der Waals surface area contributed by atoms with Gasteiger partial charge in [0.15, 0.2) is 29.3 Å². The van der Waals surface area contributed by atoms with E-state index in [0.717, 1.165) is 0 Å². The van der Waals surface area contributed by atoms with Crippen LogP contribution >= 0.6 is 0 Å². The van der Waals surface area contributed by atoms with Gasteiger partial charge in [-0.25, -0.2) is 13.2 Å². The van der Waals surface area contributed by atoms with Gasteiger partial charge < -0.3 is 14.8 Å². The molecule has 0 aromatic heterocycles. The third-order valence-electron chi connectivity index (χ3n) is 3.70. The van der Waals surface area contributed by atoms with E-state index in [-0.39, 0.29) is 17.3 Å². The van der Waals surface area contributed by atoms with Gasteiger partial charge in [-0.2, -0.15) is 0 Å². The summed E-state index contributed by atoms with van der Waals surface area (Å²) < 4.78 is 33.0. The molecule has 0 spiro atoms. The number of esters is 1. The highest BCUT2D eigenvalue weighted by molar-refractivity contribution is 7.91. The molecule has 1 N–H and O–H groups in total. The van der Waals surface area contributed by atoms with Gasteiger partial charge in [-0.3, -0.25) is 9.59 Å². The Morgan fingerprint density at radius 3 is 2.64 bits per heavy atom. The molecule has 9 heteroatoms. The zero-order valence-electron chi connectivity index (χ0n) is 13.7. The molecule has 25 heavy (non-hydrogen) atoms. The van der Waals surface area contributed by atoms with Gasteiger partial charge in [-0.1, -0.05) is 12.1 Å². The van der Waals surface area contributed by atoms with Crippen molar-refractivity contribution >= 4 is 28.0 Å². The molecule has 1 fully saturated rings. The van der Waals surface area contributed by atoms with Crippen LogP contribution < -0.4 is 10.1 Å². The van der Waals surface area contributed by atoms with E-state index in [0.29, 0.717) is 18.3 Å². The lowest BCUT2D eigenvalue weighted by Crippen LogP contribution is -2.48. The van der Waals surface area contributed by atoms with Crippen molar-refractivity contribution in [1.82, 2.24) is 5.32 Å². The maximum absolute atomic E-state index is 11.8. The fourth-order valence-electron chi connectivity index (χ4n) is 2.52. The van der Waals surface area contributed by atoms with Crippen LogP contribution in [0.1, 0.15) is 23.7 Å². The lowest BCUT2D eigenvalue weighted by Gasteiger charge is -2.23. The van der Waals surface area contributed by atoms with Crippen LogP contribution in [0.25, 0.3) is 0 Å². The standard InChI is InChI=1S/C16H19NO7S/c1-16(6-7-25(21,22)11-16)17-14(19)9-24-15(20)10-23-13-5-3-2-4-12(13)8-18/h2-5,8H,6-7,9-11H2,1H3,(H,17,19)/t16-/m0/s1. The molecule has 1 aliphatic rings. The highest BCUT2D eigenvalue weighted by atomic mass is 32.2. The number of aldehydes is 1. The van der Waals surface area contributed by atoms with E-state index in [1.54, 1.807) is 19.1 Å². The second-order valence-electron chi connectivity index (χ2n) is 6.06. The van der Waals surface area contributed by atoms with Crippen LogP contribution in [0.4, 0.5) is 0 Å². The highest BCUT2D eigenvalue weighted by Gasteiger charge is 2.39. The number of para-hydroxylation sites is 1. The molecule has 0 aliphatic carbocycles. The first-order chi connectivity index (χ1) is 11.7. The van der Waals surface area contributed by atoms with Crippen molar-refractivity contribution in [1.29, 1.82) is 0 Å². The van der Waals surface area contributed by atoms with E-state index in [4.69, 9.17) is 9.47 Å². The Hall–Kier alpha value is -2.42. The van der Waals surface area contributed by atoms with Gasteiger partial charge in [-0.05, 0) is 25.5 Å². The summed E-state index contributed by atoms with van der Waals surface area (Å²) in [5.74, 6) is -1.23. The average molecular weight is 369 g/mol. The molecule has 8 nitrogen and oxygen atoms in total. The van der Waals surface area contributed by atoms with Gasteiger partial charge in [0.2, 0.25) is 0 Å². The number of rotatable bonds is 7. The zero-order valence-corrected chi connectivity index (χ0v) is 14.5. The quantitative estimate of drug-likeness (QED) is 0.536. The Labute approximate surface area is 145 Å². The second-order valence-corrected chi connectivity index (χ2v) is 8.24.